The number of hydrogen-bond acceptors (Lipinski definition) is 3. The Morgan fingerprint density at radius 3 is 2.53 bits per heavy atom. The summed E-state index contributed by atoms with van der Waals surface area (Å²) in [5.74, 6) is 0. The number of rotatable bonds is 4. The van der Waals surface area contributed by atoms with Crippen molar-refractivity contribution in [2.45, 2.75) is 18.3 Å². The van der Waals surface area contributed by atoms with Gasteiger partial charge >= 0.3 is 6.18 Å². The summed E-state index contributed by atoms with van der Waals surface area (Å²) in [5.41, 5.74) is 0.201. The first kappa shape index (κ1) is 14.3. The van der Waals surface area contributed by atoms with Crippen molar-refractivity contribution >= 4 is 0 Å². The fourth-order valence-electron chi connectivity index (χ4n) is 1.97. The lowest BCUT2D eigenvalue weighted by Gasteiger charge is -2.27. The van der Waals surface area contributed by atoms with Gasteiger partial charge in [-0.3, -0.25) is 5.32 Å². The van der Waals surface area contributed by atoms with Crippen LogP contribution in [0.1, 0.15) is 11.6 Å². The first-order valence-corrected chi connectivity index (χ1v) is 6.12. The molecule has 0 radical (unpaired) electrons. The lowest BCUT2D eigenvalue weighted by Crippen LogP contribution is -2.42. The van der Waals surface area contributed by atoms with Crippen LogP contribution in [0.3, 0.4) is 0 Å². The highest BCUT2D eigenvalue weighted by molar-refractivity contribution is 5.20. The second-order valence-electron chi connectivity index (χ2n) is 4.36. The molecule has 1 aromatic carbocycles. The van der Waals surface area contributed by atoms with Gasteiger partial charge in [0.25, 0.3) is 0 Å². The molecule has 1 fully saturated rings. The SMILES string of the molecule is FC(F)(F)C(NCC1COCCO1)c1ccccc1. The van der Waals surface area contributed by atoms with Gasteiger partial charge in [-0.25, -0.2) is 0 Å². The standard InChI is InChI=1S/C13H16F3NO2/c14-13(15,16)12(10-4-2-1-3-5-10)17-8-11-9-18-6-7-19-11/h1-5,11-12,17H,6-9H2. The van der Waals surface area contributed by atoms with Crippen molar-refractivity contribution in [3.63, 3.8) is 0 Å². The number of benzene rings is 1. The predicted molar refractivity (Wildman–Crippen MR) is 63.8 cm³/mol. The van der Waals surface area contributed by atoms with E-state index >= 15 is 0 Å². The predicted octanol–water partition coefficient (Wildman–Crippen LogP) is 2.29. The summed E-state index contributed by atoms with van der Waals surface area (Å²) in [5, 5.41) is 2.52. The Labute approximate surface area is 109 Å². The average molecular weight is 275 g/mol. The fourth-order valence-corrected chi connectivity index (χ4v) is 1.97. The van der Waals surface area contributed by atoms with Crippen LogP contribution in [0.5, 0.6) is 0 Å². The third-order valence-corrected chi connectivity index (χ3v) is 2.89. The maximum absolute atomic E-state index is 13.0. The zero-order valence-electron chi connectivity index (χ0n) is 10.3. The molecule has 1 saturated heterocycles. The normalized spacial score (nSPS) is 22.2. The Morgan fingerprint density at radius 1 is 1.21 bits per heavy atom. The van der Waals surface area contributed by atoms with Crippen molar-refractivity contribution in [2.24, 2.45) is 0 Å². The van der Waals surface area contributed by atoms with E-state index in [0.29, 0.717) is 19.8 Å². The molecule has 0 spiro atoms. The maximum Gasteiger partial charge on any atom is 0.407 e. The molecule has 1 N–H and O–H groups in total. The largest absolute Gasteiger partial charge is 0.407 e. The van der Waals surface area contributed by atoms with Crippen molar-refractivity contribution in [1.82, 2.24) is 5.32 Å². The number of hydrogen-bond donors (Lipinski definition) is 1. The van der Waals surface area contributed by atoms with Gasteiger partial charge in [-0.05, 0) is 5.56 Å². The van der Waals surface area contributed by atoms with Gasteiger partial charge in [0, 0.05) is 6.54 Å². The van der Waals surface area contributed by atoms with Crippen LogP contribution in [0, 0.1) is 0 Å². The third-order valence-electron chi connectivity index (χ3n) is 2.89. The number of halogens is 3. The molecular weight excluding hydrogens is 259 g/mol. The van der Waals surface area contributed by atoms with E-state index in [2.05, 4.69) is 5.32 Å². The summed E-state index contributed by atoms with van der Waals surface area (Å²) in [6, 6.07) is 6.12. The molecule has 0 saturated carbocycles. The van der Waals surface area contributed by atoms with Gasteiger partial charge in [0.2, 0.25) is 0 Å². The molecule has 1 aromatic rings. The highest BCUT2D eigenvalue weighted by atomic mass is 19.4. The van der Waals surface area contributed by atoms with Gasteiger partial charge in [0.15, 0.2) is 0 Å². The maximum atomic E-state index is 13.0. The monoisotopic (exact) mass is 275 g/mol. The van der Waals surface area contributed by atoms with Gasteiger partial charge in [0.05, 0.1) is 25.9 Å². The van der Waals surface area contributed by atoms with E-state index in [9.17, 15) is 13.2 Å². The molecule has 2 atom stereocenters. The summed E-state index contributed by atoms with van der Waals surface area (Å²) >= 11 is 0. The van der Waals surface area contributed by atoms with E-state index in [0.717, 1.165) is 0 Å². The first-order valence-electron chi connectivity index (χ1n) is 6.12. The van der Waals surface area contributed by atoms with Crippen molar-refractivity contribution < 1.29 is 22.6 Å². The molecule has 1 aliphatic rings. The molecule has 2 rings (SSSR count). The molecule has 1 heterocycles. The Hall–Kier alpha value is -1.11. The average Bonchev–Trinajstić information content (AvgIpc) is 2.40. The van der Waals surface area contributed by atoms with Gasteiger partial charge in [-0.2, -0.15) is 13.2 Å². The van der Waals surface area contributed by atoms with Crippen LogP contribution in [0.25, 0.3) is 0 Å². The van der Waals surface area contributed by atoms with Gasteiger partial charge < -0.3 is 9.47 Å². The summed E-state index contributed by atoms with van der Waals surface area (Å²) in [6.45, 7) is 1.36. The molecule has 1 aliphatic heterocycles. The highest BCUT2D eigenvalue weighted by Gasteiger charge is 2.40. The van der Waals surface area contributed by atoms with E-state index in [4.69, 9.17) is 9.47 Å². The summed E-state index contributed by atoms with van der Waals surface area (Å²) in [6.07, 6.45) is -4.67. The minimum absolute atomic E-state index is 0.110. The Morgan fingerprint density at radius 2 is 1.95 bits per heavy atom. The molecule has 3 nitrogen and oxygen atoms in total. The minimum Gasteiger partial charge on any atom is -0.376 e. The van der Waals surface area contributed by atoms with Crippen molar-refractivity contribution in [2.75, 3.05) is 26.4 Å². The van der Waals surface area contributed by atoms with E-state index in [1.165, 1.54) is 12.1 Å². The van der Waals surface area contributed by atoms with Gasteiger partial charge in [-0.1, -0.05) is 30.3 Å². The van der Waals surface area contributed by atoms with Crippen LogP contribution in [-0.4, -0.2) is 38.6 Å². The van der Waals surface area contributed by atoms with Gasteiger partial charge in [0.1, 0.15) is 6.04 Å². The topological polar surface area (TPSA) is 30.5 Å². The highest BCUT2D eigenvalue weighted by Crippen LogP contribution is 2.32. The van der Waals surface area contributed by atoms with Crippen LogP contribution in [-0.2, 0) is 9.47 Å². The molecule has 0 aromatic heterocycles. The Kier molecular flexibility index (Phi) is 4.79. The molecule has 106 valence electrons. The van der Waals surface area contributed by atoms with Crippen molar-refractivity contribution in [1.29, 1.82) is 0 Å². The third kappa shape index (κ3) is 4.19. The molecule has 2 unspecified atom stereocenters. The summed E-state index contributed by atoms with van der Waals surface area (Å²) < 4.78 is 49.6. The summed E-state index contributed by atoms with van der Waals surface area (Å²) in [7, 11) is 0. The molecule has 0 aliphatic carbocycles. The smallest absolute Gasteiger partial charge is 0.376 e. The number of nitrogens with one attached hydrogen (secondary N) is 1. The van der Waals surface area contributed by atoms with Crippen molar-refractivity contribution in [3.8, 4) is 0 Å². The Balaban J connectivity index is 1.99. The minimum atomic E-state index is -4.34. The Bertz CT molecular complexity index is 377. The van der Waals surface area contributed by atoms with Crippen molar-refractivity contribution in [3.05, 3.63) is 35.9 Å². The lowest BCUT2D eigenvalue weighted by atomic mass is 10.1. The van der Waals surface area contributed by atoms with Crippen LogP contribution in [0.15, 0.2) is 30.3 Å². The fraction of sp³-hybridized carbons (Fsp3) is 0.538. The van der Waals surface area contributed by atoms with E-state index < -0.39 is 12.2 Å². The lowest BCUT2D eigenvalue weighted by molar-refractivity contribution is -0.161. The molecule has 6 heteroatoms. The molecule has 0 bridgehead atoms. The second kappa shape index (κ2) is 6.36. The zero-order chi connectivity index (χ0) is 13.7. The molecule has 19 heavy (non-hydrogen) atoms. The van der Waals surface area contributed by atoms with E-state index in [-0.39, 0.29) is 18.2 Å². The summed E-state index contributed by atoms with van der Waals surface area (Å²) in [4.78, 5) is 0. The quantitative estimate of drug-likeness (QED) is 0.914. The van der Waals surface area contributed by atoms with Crippen LogP contribution in [0.2, 0.25) is 0 Å². The van der Waals surface area contributed by atoms with E-state index in [1.54, 1.807) is 18.2 Å². The number of ether oxygens (including phenoxy) is 2. The van der Waals surface area contributed by atoms with Crippen LogP contribution >= 0.6 is 0 Å². The number of alkyl halides is 3. The van der Waals surface area contributed by atoms with Crippen LogP contribution < -0.4 is 5.32 Å². The van der Waals surface area contributed by atoms with Gasteiger partial charge in [-0.15, -0.1) is 0 Å². The molecule has 0 amide bonds. The first-order chi connectivity index (χ1) is 9.07. The van der Waals surface area contributed by atoms with Crippen LogP contribution in [0.4, 0.5) is 13.2 Å². The van der Waals surface area contributed by atoms with E-state index in [1.807, 2.05) is 0 Å². The molecular formula is C13H16F3NO2. The zero-order valence-corrected chi connectivity index (χ0v) is 10.3. The second-order valence-corrected chi connectivity index (χ2v) is 4.36.